The van der Waals surface area contributed by atoms with Gasteiger partial charge in [0, 0.05) is 37.8 Å². The van der Waals surface area contributed by atoms with Crippen LogP contribution in [-0.2, 0) is 0 Å². The van der Waals surface area contributed by atoms with Crippen LogP contribution in [0.4, 0.5) is 0 Å². The highest BCUT2D eigenvalue weighted by atomic mass is 15.3. The quantitative estimate of drug-likeness (QED) is 0.850. The maximum atomic E-state index is 6.28. The van der Waals surface area contributed by atoms with Gasteiger partial charge in [-0.15, -0.1) is 0 Å². The Morgan fingerprint density at radius 2 is 1.89 bits per heavy atom. The van der Waals surface area contributed by atoms with Gasteiger partial charge in [0.1, 0.15) is 0 Å². The molecule has 1 aliphatic carbocycles. The van der Waals surface area contributed by atoms with Gasteiger partial charge in [-0.1, -0.05) is 27.2 Å². The summed E-state index contributed by atoms with van der Waals surface area (Å²) in [6.07, 6.45) is 4.03. The highest BCUT2D eigenvalue weighted by Crippen LogP contribution is 2.41. The molecule has 0 aromatic heterocycles. The van der Waals surface area contributed by atoms with Gasteiger partial charge in [0.2, 0.25) is 0 Å². The van der Waals surface area contributed by atoms with Crippen molar-refractivity contribution >= 4 is 0 Å². The van der Waals surface area contributed by atoms with Crippen molar-refractivity contribution < 1.29 is 0 Å². The summed E-state index contributed by atoms with van der Waals surface area (Å²) < 4.78 is 0. The van der Waals surface area contributed by atoms with Crippen molar-refractivity contribution in [2.45, 2.75) is 58.5 Å². The Hall–Kier alpha value is -0.120. The summed E-state index contributed by atoms with van der Waals surface area (Å²) in [4.78, 5) is 5.34. The van der Waals surface area contributed by atoms with E-state index in [9.17, 15) is 0 Å². The Morgan fingerprint density at radius 3 is 2.47 bits per heavy atom. The van der Waals surface area contributed by atoms with E-state index in [1.165, 1.54) is 45.4 Å². The third-order valence-corrected chi connectivity index (χ3v) is 5.87. The first-order valence-corrected chi connectivity index (χ1v) is 8.22. The molecule has 0 radical (unpaired) electrons. The normalized spacial score (nSPS) is 42.5. The monoisotopic (exact) mass is 267 g/mol. The number of hydrogen-bond acceptors (Lipinski definition) is 3. The first kappa shape index (κ1) is 15.3. The molecule has 0 bridgehead atoms. The smallest absolute Gasteiger partial charge is 0.0360 e. The first-order chi connectivity index (χ1) is 9.03. The fraction of sp³-hybridized carbons (Fsp3) is 1.00. The van der Waals surface area contributed by atoms with Gasteiger partial charge in [-0.05, 0) is 38.1 Å². The Balaban J connectivity index is 2.12. The lowest BCUT2D eigenvalue weighted by Gasteiger charge is -2.55. The summed E-state index contributed by atoms with van der Waals surface area (Å²) in [7, 11) is 0. The molecule has 3 heteroatoms. The third-order valence-electron chi connectivity index (χ3n) is 5.87. The summed E-state index contributed by atoms with van der Waals surface area (Å²) >= 11 is 0. The van der Waals surface area contributed by atoms with Crippen molar-refractivity contribution in [3.63, 3.8) is 0 Å². The van der Waals surface area contributed by atoms with E-state index in [1.54, 1.807) is 0 Å². The van der Waals surface area contributed by atoms with Gasteiger partial charge in [-0.25, -0.2) is 0 Å². The third kappa shape index (κ3) is 2.84. The largest absolute Gasteiger partial charge is 0.329 e. The van der Waals surface area contributed by atoms with Gasteiger partial charge in [-0.2, -0.15) is 0 Å². The molecule has 2 aliphatic rings. The second-order valence-electron chi connectivity index (χ2n) is 7.02. The number of nitrogens with zero attached hydrogens (tertiary/aromatic N) is 2. The van der Waals surface area contributed by atoms with E-state index in [-0.39, 0.29) is 5.54 Å². The van der Waals surface area contributed by atoms with Crippen LogP contribution in [0.25, 0.3) is 0 Å². The van der Waals surface area contributed by atoms with Gasteiger partial charge in [0.05, 0.1) is 0 Å². The van der Waals surface area contributed by atoms with Crippen molar-refractivity contribution in [2.24, 2.45) is 17.6 Å². The van der Waals surface area contributed by atoms with Crippen molar-refractivity contribution in [1.29, 1.82) is 0 Å². The summed E-state index contributed by atoms with van der Waals surface area (Å²) in [5, 5.41) is 0. The van der Waals surface area contributed by atoms with Gasteiger partial charge >= 0.3 is 0 Å². The maximum absolute atomic E-state index is 6.28. The molecule has 4 atom stereocenters. The minimum absolute atomic E-state index is 0.270. The summed E-state index contributed by atoms with van der Waals surface area (Å²) in [5.74, 6) is 1.58. The van der Waals surface area contributed by atoms with E-state index in [0.717, 1.165) is 18.4 Å². The molecule has 19 heavy (non-hydrogen) atoms. The number of nitrogens with two attached hydrogens (primary N) is 1. The lowest BCUT2D eigenvalue weighted by Crippen LogP contribution is -2.66. The average Bonchev–Trinajstić information content (AvgIpc) is 2.41. The van der Waals surface area contributed by atoms with Crippen LogP contribution in [0.5, 0.6) is 0 Å². The summed E-state index contributed by atoms with van der Waals surface area (Å²) in [6, 6.07) is 0.673. The van der Waals surface area contributed by atoms with Gasteiger partial charge in [-0.3, -0.25) is 9.80 Å². The van der Waals surface area contributed by atoms with E-state index < -0.39 is 0 Å². The molecule has 1 saturated heterocycles. The van der Waals surface area contributed by atoms with E-state index in [4.69, 9.17) is 5.73 Å². The SMILES string of the molecule is CCN1CCN(C2(CN)CC(C)CCC2C)CC1C. The molecule has 0 spiro atoms. The topological polar surface area (TPSA) is 32.5 Å². The average molecular weight is 267 g/mol. The minimum Gasteiger partial charge on any atom is -0.329 e. The molecule has 1 heterocycles. The van der Waals surface area contributed by atoms with Crippen LogP contribution in [0.15, 0.2) is 0 Å². The maximum Gasteiger partial charge on any atom is 0.0360 e. The first-order valence-electron chi connectivity index (χ1n) is 8.22. The number of rotatable bonds is 3. The molecule has 0 amide bonds. The Kier molecular flexibility index (Phi) is 4.91. The highest BCUT2D eigenvalue weighted by molar-refractivity contribution is 5.02. The van der Waals surface area contributed by atoms with Crippen molar-refractivity contribution in [3.8, 4) is 0 Å². The fourth-order valence-corrected chi connectivity index (χ4v) is 4.43. The van der Waals surface area contributed by atoms with Crippen LogP contribution in [0.2, 0.25) is 0 Å². The van der Waals surface area contributed by atoms with Crippen LogP contribution in [0.1, 0.15) is 47.0 Å². The second-order valence-corrected chi connectivity index (χ2v) is 7.02. The van der Waals surface area contributed by atoms with E-state index >= 15 is 0 Å². The standard InChI is InChI=1S/C16H33N3/c1-5-18-8-9-19(11-15(18)4)16(12-17)10-13(2)6-7-14(16)3/h13-15H,5-12,17H2,1-4H3. The van der Waals surface area contributed by atoms with E-state index in [1.807, 2.05) is 0 Å². The van der Waals surface area contributed by atoms with Crippen molar-refractivity contribution in [3.05, 3.63) is 0 Å². The molecule has 0 aromatic carbocycles. The molecule has 1 saturated carbocycles. The molecule has 2 fully saturated rings. The Labute approximate surface area is 119 Å². The van der Waals surface area contributed by atoms with Gasteiger partial charge < -0.3 is 5.73 Å². The van der Waals surface area contributed by atoms with Gasteiger partial charge in [0.15, 0.2) is 0 Å². The summed E-state index contributed by atoms with van der Waals surface area (Å²) in [6.45, 7) is 15.1. The van der Waals surface area contributed by atoms with Crippen LogP contribution in [-0.4, -0.2) is 54.1 Å². The molecule has 4 unspecified atom stereocenters. The molecule has 3 nitrogen and oxygen atoms in total. The summed E-state index contributed by atoms with van der Waals surface area (Å²) in [5.41, 5.74) is 6.55. The lowest BCUT2D eigenvalue weighted by atomic mass is 9.68. The Morgan fingerprint density at radius 1 is 1.16 bits per heavy atom. The zero-order valence-electron chi connectivity index (χ0n) is 13.4. The van der Waals surface area contributed by atoms with E-state index in [0.29, 0.717) is 6.04 Å². The highest BCUT2D eigenvalue weighted by Gasteiger charge is 2.45. The molecule has 112 valence electrons. The van der Waals surface area contributed by atoms with Crippen molar-refractivity contribution in [1.82, 2.24) is 9.80 Å². The zero-order valence-corrected chi connectivity index (χ0v) is 13.4. The lowest BCUT2D eigenvalue weighted by molar-refractivity contribution is -0.0467. The fourth-order valence-electron chi connectivity index (χ4n) is 4.43. The zero-order chi connectivity index (χ0) is 14.0. The van der Waals surface area contributed by atoms with Crippen LogP contribution in [0, 0.1) is 11.8 Å². The van der Waals surface area contributed by atoms with Crippen molar-refractivity contribution in [2.75, 3.05) is 32.7 Å². The Bertz CT molecular complexity index is 294. The van der Waals surface area contributed by atoms with Crippen LogP contribution < -0.4 is 5.73 Å². The van der Waals surface area contributed by atoms with Crippen LogP contribution in [0.3, 0.4) is 0 Å². The number of hydrogen-bond donors (Lipinski definition) is 1. The van der Waals surface area contributed by atoms with Crippen LogP contribution >= 0.6 is 0 Å². The molecular formula is C16H33N3. The number of piperazine rings is 1. The molecule has 2 N–H and O–H groups in total. The molecular weight excluding hydrogens is 234 g/mol. The predicted octanol–water partition coefficient (Wildman–Crippen LogP) is 2.17. The molecule has 1 aliphatic heterocycles. The van der Waals surface area contributed by atoms with E-state index in [2.05, 4.69) is 37.5 Å². The minimum atomic E-state index is 0.270. The molecule has 2 rings (SSSR count). The predicted molar refractivity (Wildman–Crippen MR) is 82.2 cm³/mol. The second kappa shape index (κ2) is 6.11. The van der Waals surface area contributed by atoms with Gasteiger partial charge in [0.25, 0.3) is 0 Å². The molecule has 0 aromatic rings. The number of likely N-dealkylation sites (N-methyl/N-ethyl adjacent to an activating group) is 1.